The number of aryl methyl sites for hydroxylation is 1. The second-order valence-electron chi connectivity index (χ2n) is 4.56. The van der Waals surface area contributed by atoms with Crippen LogP contribution in [0.25, 0.3) is 0 Å². The van der Waals surface area contributed by atoms with E-state index in [9.17, 15) is 4.79 Å². The Morgan fingerprint density at radius 1 is 1.62 bits per heavy atom. The number of carbonyl (C=O) groups excluding carboxylic acids is 1. The largest absolute Gasteiger partial charge is 0.396 e. The van der Waals surface area contributed by atoms with Crippen LogP contribution >= 0.6 is 11.3 Å². The highest BCUT2D eigenvalue weighted by Gasteiger charge is 2.19. The van der Waals surface area contributed by atoms with Gasteiger partial charge >= 0.3 is 0 Å². The minimum atomic E-state index is -0.0865. The first-order chi connectivity index (χ1) is 7.44. The maximum Gasteiger partial charge on any atom is 0.263 e. The predicted octanol–water partition coefficient (Wildman–Crippen LogP) is 1.59. The molecule has 0 bridgehead atoms. The van der Waals surface area contributed by atoms with Crippen molar-refractivity contribution in [1.82, 2.24) is 10.3 Å². The van der Waals surface area contributed by atoms with Gasteiger partial charge in [-0.3, -0.25) is 4.79 Å². The maximum absolute atomic E-state index is 11.7. The van der Waals surface area contributed by atoms with Gasteiger partial charge in [0, 0.05) is 13.2 Å². The monoisotopic (exact) mass is 242 g/mol. The Hall–Kier alpha value is -0.940. The number of nitrogens with zero attached hydrogens (tertiary/aromatic N) is 1. The fraction of sp³-hybridized carbons (Fsp3) is 0.636. The molecule has 5 heteroatoms. The molecule has 2 N–H and O–H groups in total. The van der Waals surface area contributed by atoms with E-state index in [1.54, 1.807) is 6.20 Å². The van der Waals surface area contributed by atoms with E-state index in [-0.39, 0.29) is 17.9 Å². The van der Waals surface area contributed by atoms with E-state index in [0.717, 1.165) is 5.01 Å². The first-order valence-corrected chi connectivity index (χ1v) is 6.08. The molecular formula is C11H18N2O2S. The van der Waals surface area contributed by atoms with Crippen LogP contribution in [-0.2, 0) is 0 Å². The van der Waals surface area contributed by atoms with Crippen molar-refractivity contribution in [2.75, 3.05) is 13.2 Å². The molecule has 0 radical (unpaired) electrons. The number of hydrogen-bond acceptors (Lipinski definition) is 4. The molecule has 1 aromatic rings. The van der Waals surface area contributed by atoms with Crippen LogP contribution in [-0.4, -0.2) is 29.1 Å². The Morgan fingerprint density at radius 3 is 2.81 bits per heavy atom. The molecule has 0 aliphatic rings. The van der Waals surface area contributed by atoms with Gasteiger partial charge in [-0.15, -0.1) is 11.3 Å². The number of aliphatic hydroxyl groups excluding tert-OH is 1. The summed E-state index contributed by atoms with van der Waals surface area (Å²) < 4.78 is 0. The fourth-order valence-corrected chi connectivity index (χ4v) is 1.96. The highest BCUT2D eigenvalue weighted by molar-refractivity contribution is 7.13. The number of aliphatic hydroxyl groups is 1. The number of carbonyl (C=O) groups is 1. The zero-order chi connectivity index (χ0) is 12.2. The van der Waals surface area contributed by atoms with Crippen molar-refractivity contribution in [2.24, 2.45) is 5.41 Å². The van der Waals surface area contributed by atoms with Crippen molar-refractivity contribution in [1.29, 1.82) is 0 Å². The summed E-state index contributed by atoms with van der Waals surface area (Å²) in [6.07, 6.45) is 2.27. The van der Waals surface area contributed by atoms with Gasteiger partial charge in [0.25, 0.3) is 5.91 Å². The van der Waals surface area contributed by atoms with Crippen molar-refractivity contribution in [3.63, 3.8) is 0 Å². The second-order valence-corrected chi connectivity index (χ2v) is 5.80. The Kier molecular flexibility index (Phi) is 4.44. The van der Waals surface area contributed by atoms with Gasteiger partial charge in [0.2, 0.25) is 0 Å². The first-order valence-electron chi connectivity index (χ1n) is 5.26. The van der Waals surface area contributed by atoms with Gasteiger partial charge in [0.05, 0.1) is 11.2 Å². The molecule has 16 heavy (non-hydrogen) atoms. The molecule has 0 fully saturated rings. The zero-order valence-corrected chi connectivity index (χ0v) is 10.7. The number of aromatic nitrogens is 1. The van der Waals surface area contributed by atoms with E-state index in [1.165, 1.54) is 11.3 Å². The molecule has 1 aromatic heterocycles. The lowest BCUT2D eigenvalue weighted by molar-refractivity contribution is 0.0932. The van der Waals surface area contributed by atoms with Gasteiger partial charge in [0.1, 0.15) is 4.88 Å². The number of thiazole rings is 1. The molecule has 1 heterocycles. The minimum absolute atomic E-state index is 0.0792. The zero-order valence-electron chi connectivity index (χ0n) is 9.91. The minimum Gasteiger partial charge on any atom is -0.396 e. The highest BCUT2D eigenvalue weighted by Crippen LogP contribution is 2.18. The molecule has 1 rings (SSSR count). The molecule has 0 atom stereocenters. The van der Waals surface area contributed by atoms with Crippen molar-refractivity contribution >= 4 is 17.2 Å². The van der Waals surface area contributed by atoms with Gasteiger partial charge in [-0.05, 0) is 18.8 Å². The fourth-order valence-electron chi connectivity index (χ4n) is 1.26. The Morgan fingerprint density at radius 2 is 2.31 bits per heavy atom. The van der Waals surface area contributed by atoms with E-state index in [1.807, 2.05) is 20.8 Å². The summed E-state index contributed by atoms with van der Waals surface area (Å²) in [5.74, 6) is -0.0865. The lowest BCUT2D eigenvalue weighted by Gasteiger charge is -2.23. The number of nitrogens with one attached hydrogen (secondary N) is 1. The molecule has 0 spiro atoms. The first kappa shape index (κ1) is 13.1. The van der Waals surface area contributed by atoms with E-state index < -0.39 is 0 Å². The van der Waals surface area contributed by atoms with E-state index in [2.05, 4.69) is 10.3 Å². The van der Waals surface area contributed by atoms with Crippen molar-refractivity contribution < 1.29 is 9.90 Å². The van der Waals surface area contributed by atoms with Crippen LogP contribution in [0.5, 0.6) is 0 Å². The summed E-state index contributed by atoms with van der Waals surface area (Å²) in [4.78, 5) is 16.4. The summed E-state index contributed by atoms with van der Waals surface area (Å²) >= 11 is 1.39. The van der Waals surface area contributed by atoms with Crippen LogP contribution in [0.4, 0.5) is 0 Å². The lowest BCUT2D eigenvalue weighted by Crippen LogP contribution is -2.34. The Balaban J connectivity index is 2.47. The maximum atomic E-state index is 11.7. The van der Waals surface area contributed by atoms with Crippen LogP contribution in [0.3, 0.4) is 0 Å². The molecule has 0 unspecified atom stereocenters. The number of rotatable bonds is 5. The SMILES string of the molecule is Cc1ncc(C(=O)NCC(C)(C)CCO)s1. The smallest absolute Gasteiger partial charge is 0.263 e. The molecule has 0 aromatic carbocycles. The summed E-state index contributed by atoms with van der Waals surface area (Å²) in [6.45, 7) is 6.60. The number of amides is 1. The third-order valence-corrected chi connectivity index (χ3v) is 3.27. The van der Waals surface area contributed by atoms with Crippen molar-refractivity contribution in [3.05, 3.63) is 16.1 Å². The summed E-state index contributed by atoms with van der Waals surface area (Å²) in [5, 5.41) is 12.6. The van der Waals surface area contributed by atoms with Crippen LogP contribution in [0.1, 0.15) is 34.9 Å². The highest BCUT2D eigenvalue weighted by atomic mass is 32.1. The van der Waals surface area contributed by atoms with Crippen molar-refractivity contribution in [2.45, 2.75) is 27.2 Å². The van der Waals surface area contributed by atoms with Gasteiger partial charge < -0.3 is 10.4 Å². The summed E-state index contributed by atoms with van der Waals surface area (Å²) in [7, 11) is 0. The van der Waals surface area contributed by atoms with Gasteiger partial charge in [-0.1, -0.05) is 13.8 Å². The van der Waals surface area contributed by atoms with Crippen LogP contribution in [0.15, 0.2) is 6.20 Å². The van der Waals surface area contributed by atoms with Gasteiger partial charge in [-0.2, -0.15) is 0 Å². The van der Waals surface area contributed by atoms with Crippen LogP contribution in [0, 0.1) is 12.3 Å². The van der Waals surface area contributed by atoms with Gasteiger partial charge in [-0.25, -0.2) is 4.98 Å². The normalized spacial score (nSPS) is 11.5. The molecule has 4 nitrogen and oxygen atoms in total. The van der Waals surface area contributed by atoms with Crippen LogP contribution in [0.2, 0.25) is 0 Å². The van der Waals surface area contributed by atoms with E-state index in [4.69, 9.17) is 5.11 Å². The molecule has 90 valence electrons. The van der Waals surface area contributed by atoms with E-state index in [0.29, 0.717) is 17.8 Å². The molecule has 0 aliphatic carbocycles. The third-order valence-electron chi connectivity index (χ3n) is 2.36. The summed E-state index contributed by atoms with van der Waals surface area (Å²) in [6, 6.07) is 0. The average molecular weight is 242 g/mol. The summed E-state index contributed by atoms with van der Waals surface area (Å²) in [5.41, 5.74) is -0.0792. The molecule has 0 aliphatic heterocycles. The molecule has 1 amide bonds. The predicted molar refractivity (Wildman–Crippen MR) is 64.7 cm³/mol. The van der Waals surface area contributed by atoms with Crippen molar-refractivity contribution in [3.8, 4) is 0 Å². The van der Waals surface area contributed by atoms with Crippen LogP contribution < -0.4 is 5.32 Å². The molecule has 0 saturated heterocycles. The van der Waals surface area contributed by atoms with Gasteiger partial charge in [0.15, 0.2) is 0 Å². The molecule has 0 saturated carbocycles. The van der Waals surface area contributed by atoms with E-state index >= 15 is 0 Å². The molecular weight excluding hydrogens is 224 g/mol. The second kappa shape index (κ2) is 5.41. The average Bonchev–Trinajstić information content (AvgIpc) is 2.61. The topological polar surface area (TPSA) is 62.2 Å². The standard InChI is InChI=1S/C11H18N2O2S/c1-8-12-6-9(16-8)10(15)13-7-11(2,3)4-5-14/h6,14H,4-5,7H2,1-3H3,(H,13,15). The number of hydrogen-bond donors (Lipinski definition) is 2. The Bertz CT molecular complexity index is 361. The third kappa shape index (κ3) is 3.90. The lowest BCUT2D eigenvalue weighted by atomic mass is 9.90. The quantitative estimate of drug-likeness (QED) is 0.824. The Labute approximate surface area is 99.7 Å².